The second kappa shape index (κ2) is 6.53. The van der Waals surface area contributed by atoms with Crippen LogP contribution in [0.4, 0.5) is 0 Å². The van der Waals surface area contributed by atoms with Crippen molar-refractivity contribution in [3.8, 4) is 0 Å². The Morgan fingerprint density at radius 3 is 2.53 bits per heavy atom. The van der Waals surface area contributed by atoms with Crippen LogP contribution in [-0.2, 0) is 4.79 Å². The Kier molecular flexibility index (Phi) is 5.02. The number of carbonyl (C=O) groups is 1. The molecule has 1 saturated heterocycles. The quantitative estimate of drug-likeness (QED) is 0.816. The van der Waals surface area contributed by atoms with Crippen LogP contribution in [0.1, 0.15) is 64.7 Å². The van der Waals surface area contributed by atoms with Gasteiger partial charge in [0, 0.05) is 5.92 Å². The molecule has 0 bridgehead atoms. The summed E-state index contributed by atoms with van der Waals surface area (Å²) in [6.07, 6.45) is 11.0. The Bertz CT molecular complexity index is 235. The third kappa shape index (κ3) is 3.54. The standard InChI is InChI=1S/C15H27NO/c1-2-12-7-9-13(10-8-12)15(17)14-6-4-3-5-11-16-14/h12-14,16H,2-11H2,1H3. The van der Waals surface area contributed by atoms with Gasteiger partial charge in [0.25, 0.3) is 0 Å². The number of ketones is 1. The summed E-state index contributed by atoms with van der Waals surface area (Å²) in [5, 5.41) is 3.45. The molecule has 0 radical (unpaired) electrons. The summed E-state index contributed by atoms with van der Waals surface area (Å²) < 4.78 is 0. The van der Waals surface area contributed by atoms with E-state index >= 15 is 0 Å². The Morgan fingerprint density at radius 2 is 1.82 bits per heavy atom. The summed E-state index contributed by atoms with van der Waals surface area (Å²) in [7, 11) is 0. The number of carbonyl (C=O) groups excluding carboxylic acids is 1. The predicted molar refractivity (Wildman–Crippen MR) is 71.0 cm³/mol. The minimum Gasteiger partial charge on any atom is -0.307 e. The topological polar surface area (TPSA) is 29.1 Å². The fraction of sp³-hybridized carbons (Fsp3) is 0.933. The lowest BCUT2D eigenvalue weighted by atomic mass is 9.77. The van der Waals surface area contributed by atoms with E-state index in [1.165, 1.54) is 38.5 Å². The van der Waals surface area contributed by atoms with E-state index in [4.69, 9.17) is 0 Å². The molecule has 98 valence electrons. The minimum absolute atomic E-state index is 0.181. The van der Waals surface area contributed by atoms with Crippen molar-refractivity contribution in [1.82, 2.24) is 5.32 Å². The second-order valence-corrected chi connectivity index (χ2v) is 5.88. The number of hydrogen-bond donors (Lipinski definition) is 1. The number of rotatable bonds is 3. The number of hydrogen-bond acceptors (Lipinski definition) is 2. The molecule has 0 aromatic heterocycles. The second-order valence-electron chi connectivity index (χ2n) is 5.88. The van der Waals surface area contributed by atoms with Crippen molar-refractivity contribution in [3.05, 3.63) is 0 Å². The van der Waals surface area contributed by atoms with Gasteiger partial charge in [0.1, 0.15) is 0 Å². The van der Waals surface area contributed by atoms with E-state index < -0.39 is 0 Å². The summed E-state index contributed by atoms with van der Waals surface area (Å²) in [5.74, 6) is 1.79. The van der Waals surface area contributed by atoms with Crippen molar-refractivity contribution in [3.63, 3.8) is 0 Å². The Balaban J connectivity index is 1.82. The molecule has 1 heterocycles. The fourth-order valence-corrected chi connectivity index (χ4v) is 3.41. The molecule has 1 unspecified atom stereocenters. The minimum atomic E-state index is 0.181. The third-order valence-corrected chi connectivity index (χ3v) is 4.73. The van der Waals surface area contributed by atoms with Gasteiger partial charge in [0.2, 0.25) is 0 Å². The van der Waals surface area contributed by atoms with Gasteiger partial charge in [-0.1, -0.05) is 26.2 Å². The lowest BCUT2D eigenvalue weighted by Gasteiger charge is -2.29. The molecule has 1 aliphatic carbocycles. The van der Waals surface area contributed by atoms with E-state index in [1.807, 2.05) is 0 Å². The van der Waals surface area contributed by atoms with Crippen LogP contribution in [0.2, 0.25) is 0 Å². The summed E-state index contributed by atoms with van der Waals surface area (Å²) in [6, 6.07) is 0.181. The highest BCUT2D eigenvalue weighted by Crippen LogP contribution is 2.32. The summed E-state index contributed by atoms with van der Waals surface area (Å²) >= 11 is 0. The molecule has 1 aliphatic heterocycles. The first kappa shape index (κ1) is 13.1. The van der Waals surface area contributed by atoms with Crippen LogP contribution in [0.25, 0.3) is 0 Å². The molecule has 2 fully saturated rings. The van der Waals surface area contributed by atoms with Crippen molar-refractivity contribution in [2.45, 2.75) is 70.8 Å². The largest absolute Gasteiger partial charge is 0.307 e. The van der Waals surface area contributed by atoms with E-state index in [0.717, 1.165) is 31.7 Å². The average Bonchev–Trinajstić information content (AvgIpc) is 2.67. The highest BCUT2D eigenvalue weighted by atomic mass is 16.1. The van der Waals surface area contributed by atoms with Gasteiger partial charge in [-0.3, -0.25) is 4.79 Å². The summed E-state index contributed by atoms with van der Waals surface area (Å²) in [5.41, 5.74) is 0. The van der Waals surface area contributed by atoms with Crippen LogP contribution in [0.5, 0.6) is 0 Å². The summed E-state index contributed by atoms with van der Waals surface area (Å²) in [6.45, 7) is 3.32. The molecular weight excluding hydrogens is 210 g/mol. The Labute approximate surface area is 106 Å². The van der Waals surface area contributed by atoms with E-state index in [2.05, 4.69) is 12.2 Å². The van der Waals surface area contributed by atoms with E-state index in [0.29, 0.717) is 11.7 Å². The van der Waals surface area contributed by atoms with Crippen LogP contribution >= 0.6 is 0 Å². The van der Waals surface area contributed by atoms with Gasteiger partial charge in [0.15, 0.2) is 5.78 Å². The smallest absolute Gasteiger partial charge is 0.152 e. The molecule has 2 heteroatoms. The maximum absolute atomic E-state index is 12.4. The predicted octanol–water partition coefficient (Wildman–Crippen LogP) is 3.30. The van der Waals surface area contributed by atoms with Crippen molar-refractivity contribution < 1.29 is 4.79 Å². The van der Waals surface area contributed by atoms with Crippen LogP contribution in [0.3, 0.4) is 0 Å². The molecule has 1 atom stereocenters. The van der Waals surface area contributed by atoms with Gasteiger partial charge < -0.3 is 5.32 Å². The molecule has 0 amide bonds. The lowest BCUT2D eigenvalue weighted by molar-refractivity contribution is -0.126. The fourth-order valence-electron chi connectivity index (χ4n) is 3.41. The molecule has 2 aliphatic rings. The first-order chi connectivity index (χ1) is 8.31. The van der Waals surface area contributed by atoms with Crippen molar-refractivity contribution in [2.75, 3.05) is 6.54 Å². The lowest BCUT2D eigenvalue weighted by Crippen LogP contribution is -2.40. The van der Waals surface area contributed by atoms with E-state index in [9.17, 15) is 4.79 Å². The Morgan fingerprint density at radius 1 is 1.06 bits per heavy atom. The highest BCUT2D eigenvalue weighted by molar-refractivity contribution is 5.86. The molecular formula is C15H27NO. The molecule has 17 heavy (non-hydrogen) atoms. The number of Topliss-reactive ketones (excluding diaryl/α,β-unsaturated/α-hetero) is 1. The molecule has 0 aromatic rings. The normalized spacial score (nSPS) is 35.2. The highest BCUT2D eigenvalue weighted by Gasteiger charge is 2.30. The molecule has 1 N–H and O–H groups in total. The monoisotopic (exact) mass is 237 g/mol. The molecule has 0 aromatic carbocycles. The first-order valence-electron chi connectivity index (χ1n) is 7.58. The molecule has 2 rings (SSSR count). The van der Waals surface area contributed by atoms with Crippen molar-refractivity contribution in [1.29, 1.82) is 0 Å². The van der Waals surface area contributed by atoms with Crippen LogP contribution in [0.15, 0.2) is 0 Å². The van der Waals surface area contributed by atoms with Crippen LogP contribution in [-0.4, -0.2) is 18.4 Å². The zero-order valence-electron chi connectivity index (χ0n) is 11.2. The average molecular weight is 237 g/mol. The molecule has 0 spiro atoms. The van der Waals surface area contributed by atoms with Crippen molar-refractivity contribution in [2.24, 2.45) is 11.8 Å². The molecule has 1 saturated carbocycles. The van der Waals surface area contributed by atoms with E-state index in [1.54, 1.807) is 0 Å². The van der Waals surface area contributed by atoms with Crippen molar-refractivity contribution >= 4 is 5.78 Å². The van der Waals surface area contributed by atoms with Gasteiger partial charge in [0.05, 0.1) is 6.04 Å². The van der Waals surface area contributed by atoms with Gasteiger partial charge >= 0.3 is 0 Å². The van der Waals surface area contributed by atoms with Gasteiger partial charge in [-0.25, -0.2) is 0 Å². The van der Waals surface area contributed by atoms with Gasteiger partial charge in [-0.2, -0.15) is 0 Å². The Hall–Kier alpha value is -0.370. The van der Waals surface area contributed by atoms with Gasteiger partial charge in [-0.05, 0) is 51.0 Å². The van der Waals surface area contributed by atoms with Gasteiger partial charge in [-0.15, -0.1) is 0 Å². The summed E-state index contributed by atoms with van der Waals surface area (Å²) in [4.78, 5) is 12.4. The SMILES string of the molecule is CCC1CCC(C(=O)C2CCCCCN2)CC1. The zero-order chi connectivity index (χ0) is 12.1. The maximum Gasteiger partial charge on any atom is 0.152 e. The van der Waals surface area contributed by atoms with Crippen LogP contribution in [0, 0.1) is 11.8 Å². The van der Waals surface area contributed by atoms with E-state index in [-0.39, 0.29) is 6.04 Å². The maximum atomic E-state index is 12.4. The molecule has 2 nitrogen and oxygen atoms in total. The first-order valence-corrected chi connectivity index (χ1v) is 7.58. The third-order valence-electron chi connectivity index (χ3n) is 4.73. The number of nitrogens with one attached hydrogen (secondary N) is 1. The van der Waals surface area contributed by atoms with Crippen LogP contribution < -0.4 is 5.32 Å². The zero-order valence-corrected chi connectivity index (χ0v) is 11.2.